The average molecular weight is 197 g/mol. The van der Waals surface area contributed by atoms with Gasteiger partial charge in [-0.25, -0.2) is 0 Å². The molecule has 0 bridgehead atoms. The Bertz CT molecular complexity index is 171. The van der Waals surface area contributed by atoms with Crippen molar-refractivity contribution in [3.63, 3.8) is 0 Å². The van der Waals surface area contributed by atoms with E-state index in [0.717, 1.165) is 13.3 Å². The van der Waals surface area contributed by atoms with Crippen LogP contribution in [0.4, 0.5) is 13.2 Å². The Morgan fingerprint density at radius 3 is 2.38 bits per heavy atom. The molecule has 1 aliphatic rings. The average Bonchev–Trinajstić information content (AvgIpc) is 2.33. The van der Waals surface area contributed by atoms with E-state index in [1.165, 1.54) is 0 Å². The van der Waals surface area contributed by atoms with Gasteiger partial charge in [0.25, 0.3) is 0 Å². The molecular weight excluding hydrogens is 183 g/mol. The zero-order valence-corrected chi connectivity index (χ0v) is 7.47. The highest BCUT2D eigenvalue weighted by Gasteiger charge is 2.39. The van der Waals surface area contributed by atoms with Gasteiger partial charge in [0.1, 0.15) is 0 Å². The fourth-order valence-corrected chi connectivity index (χ4v) is 1.46. The van der Waals surface area contributed by atoms with E-state index in [2.05, 4.69) is 0 Å². The van der Waals surface area contributed by atoms with E-state index < -0.39 is 12.3 Å². The Kier molecular flexibility index (Phi) is 3.18. The van der Waals surface area contributed by atoms with Gasteiger partial charge in [0.15, 0.2) is 6.10 Å². The van der Waals surface area contributed by atoms with Crippen molar-refractivity contribution < 1.29 is 17.9 Å². The molecule has 0 aliphatic heterocycles. The van der Waals surface area contributed by atoms with E-state index in [4.69, 9.17) is 10.5 Å². The Morgan fingerprint density at radius 2 is 2.00 bits per heavy atom. The van der Waals surface area contributed by atoms with Gasteiger partial charge in [0, 0.05) is 6.04 Å². The molecule has 0 aromatic heterocycles. The third-order valence-electron chi connectivity index (χ3n) is 2.28. The Hall–Kier alpha value is -0.290. The summed E-state index contributed by atoms with van der Waals surface area (Å²) in [5, 5.41) is 0. The molecule has 0 aromatic carbocycles. The van der Waals surface area contributed by atoms with Crippen molar-refractivity contribution in [1.82, 2.24) is 0 Å². The second-order valence-corrected chi connectivity index (χ2v) is 3.52. The summed E-state index contributed by atoms with van der Waals surface area (Å²) in [6, 6.07) is 0.00503. The van der Waals surface area contributed by atoms with Gasteiger partial charge in [-0.2, -0.15) is 13.2 Å². The molecule has 1 fully saturated rings. The van der Waals surface area contributed by atoms with Crippen LogP contribution in [0.5, 0.6) is 0 Å². The van der Waals surface area contributed by atoms with Crippen LogP contribution >= 0.6 is 0 Å². The highest BCUT2D eigenvalue weighted by atomic mass is 19.4. The highest BCUT2D eigenvalue weighted by Crippen LogP contribution is 2.28. The molecule has 1 rings (SSSR count). The van der Waals surface area contributed by atoms with Crippen LogP contribution in [-0.2, 0) is 4.74 Å². The van der Waals surface area contributed by atoms with Crippen LogP contribution in [0, 0.1) is 0 Å². The first kappa shape index (κ1) is 10.8. The van der Waals surface area contributed by atoms with Gasteiger partial charge in [-0.15, -0.1) is 0 Å². The first-order valence-corrected chi connectivity index (χ1v) is 4.37. The monoisotopic (exact) mass is 197 g/mol. The second kappa shape index (κ2) is 3.84. The van der Waals surface area contributed by atoms with Gasteiger partial charge in [-0.05, 0) is 26.2 Å². The molecular formula is C8H14F3NO. The number of rotatable bonds is 2. The van der Waals surface area contributed by atoms with Crippen molar-refractivity contribution in [3.8, 4) is 0 Å². The Labute approximate surface area is 75.2 Å². The number of ether oxygens (including phenoxy) is 1. The lowest BCUT2D eigenvalue weighted by Crippen LogP contribution is -2.32. The van der Waals surface area contributed by atoms with Gasteiger partial charge in [-0.1, -0.05) is 0 Å². The molecule has 1 aliphatic carbocycles. The van der Waals surface area contributed by atoms with Crippen molar-refractivity contribution >= 4 is 0 Å². The standard InChI is InChI=1S/C8H14F3NO/c1-5(8(9,10)11)13-7-3-2-6(12)4-7/h5-7H,2-4,12H2,1H3. The molecule has 13 heavy (non-hydrogen) atoms. The number of alkyl halides is 3. The predicted molar refractivity (Wildman–Crippen MR) is 42.2 cm³/mol. The summed E-state index contributed by atoms with van der Waals surface area (Å²) < 4.78 is 41.0. The maximum atomic E-state index is 12.0. The Morgan fingerprint density at radius 1 is 1.38 bits per heavy atom. The summed E-state index contributed by atoms with van der Waals surface area (Å²) in [6.07, 6.45) is -4.31. The molecule has 2 nitrogen and oxygen atoms in total. The van der Waals surface area contributed by atoms with Gasteiger partial charge < -0.3 is 10.5 Å². The van der Waals surface area contributed by atoms with Crippen molar-refractivity contribution in [3.05, 3.63) is 0 Å². The van der Waals surface area contributed by atoms with Crippen LogP contribution < -0.4 is 5.73 Å². The Balaban J connectivity index is 2.33. The second-order valence-electron chi connectivity index (χ2n) is 3.52. The molecule has 2 N–H and O–H groups in total. The van der Waals surface area contributed by atoms with Gasteiger partial charge in [0.2, 0.25) is 0 Å². The van der Waals surface area contributed by atoms with Crippen LogP contribution in [0.1, 0.15) is 26.2 Å². The van der Waals surface area contributed by atoms with Crippen LogP contribution in [0.3, 0.4) is 0 Å². The van der Waals surface area contributed by atoms with Crippen molar-refractivity contribution in [1.29, 1.82) is 0 Å². The van der Waals surface area contributed by atoms with E-state index in [1.54, 1.807) is 0 Å². The zero-order chi connectivity index (χ0) is 10.1. The molecule has 0 radical (unpaired) electrons. The van der Waals surface area contributed by atoms with E-state index in [0.29, 0.717) is 12.8 Å². The quantitative estimate of drug-likeness (QED) is 0.733. The summed E-state index contributed by atoms with van der Waals surface area (Å²) in [7, 11) is 0. The summed E-state index contributed by atoms with van der Waals surface area (Å²) in [4.78, 5) is 0. The molecule has 3 atom stereocenters. The van der Waals surface area contributed by atoms with Crippen LogP contribution in [0.2, 0.25) is 0 Å². The van der Waals surface area contributed by atoms with Crippen LogP contribution in [-0.4, -0.2) is 24.4 Å². The molecule has 5 heteroatoms. The summed E-state index contributed by atoms with van der Waals surface area (Å²) >= 11 is 0. The zero-order valence-electron chi connectivity index (χ0n) is 7.47. The van der Waals surface area contributed by atoms with Gasteiger partial charge in [-0.3, -0.25) is 0 Å². The normalized spacial score (nSPS) is 32.1. The molecule has 0 amide bonds. The number of hydrogen-bond donors (Lipinski definition) is 1. The van der Waals surface area contributed by atoms with Gasteiger partial charge >= 0.3 is 6.18 Å². The third-order valence-corrected chi connectivity index (χ3v) is 2.28. The molecule has 78 valence electrons. The fourth-order valence-electron chi connectivity index (χ4n) is 1.46. The minimum absolute atomic E-state index is 0.00503. The van der Waals surface area contributed by atoms with Crippen molar-refractivity contribution in [2.75, 3.05) is 0 Å². The SMILES string of the molecule is CC(OC1CCC(N)C1)C(F)(F)F. The first-order chi connectivity index (χ1) is 5.89. The summed E-state index contributed by atoms with van der Waals surface area (Å²) in [5.41, 5.74) is 5.55. The van der Waals surface area contributed by atoms with Crippen LogP contribution in [0.25, 0.3) is 0 Å². The topological polar surface area (TPSA) is 35.2 Å². The van der Waals surface area contributed by atoms with E-state index in [1.807, 2.05) is 0 Å². The molecule has 0 heterocycles. The van der Waals surface area contributed by atoms with Crippen molar-refractivity contribution in [2.24, 2.45) is 5.73 Å². The summed E-state index contributed by atoms with van der Waals surface area (Å²) in [6.45, 7) is 1.03. The molecule has 0 saturated heterocycles. The molecule has 3 unspecified atom stereocenters. The minimum atomic E-state index is -4.26. The largest absolute Gasteiger partial charge is 0.414 e. The minimum Gasteiger partial charge on any atom is -0.366 e. The smallest absolute Gasteiger partial charge is 0.366 e. The third kappa shape index (κ3) is 3.15. The number of hydrogen-bond acceptors (Lipinski definition) is 2. The van der Waals surface area contributed by atoms with E-state index >= 15 is 0 Å². The lowest BCUT2D eigenvalue weighted by atomic mass is 10.2. The maximum Gasteiger partial charge on any atom is 0.414 e. The molecule has 1 saturated carbocycles. The maximum absolute atomic E-state index is 12.0. The predicted octanol–water partition coefficient (Wildman–Crippen LogP) is 1.83. The first-order valence-electron chi connectivity index (χ1n) is 4.37. The van der Waals surface area contributed by atoms with Gasteiger partial charge in [0.05, 0.1) is 6.10 Å². The number of nitrogens with two attached hydrogens (primary N) is 1. The lowest BCUT2D eigenvalue weighted by Gasteiger charge is -2.20. The summed E-state index contributed by atoms with van der Waals surface area (Å²) in [5.74, 6) is 0. The lowest BCUT2D eigenvalue weighted by molar-refractivity contribution is -0.225. The van der Waals surface area contributed by atoms with E-state index in [-0.39, 0.29) is 12.1 Å². The highest BCUT2D eigenvalue weighted by molar-refractivity contribution is 4.79. The number of halogens is 3. The fraction of sp³-hybridized carbons (Fsp3) is 1.00. The molecule has 0 aromatic rings. The van der Waals surface area contributed by atoms with E-state index in [9.17, 15) is 13.2 Å². The van der Waals surface area contributed by atoms with Crippen LogP contribution in [0.15, 0.2) is 0 Å². The molecule has 0 spiro atoms. The van der Waals surface area contributed by atoms with Crippen molar-refractivity contribution in [2.45, 2.75) is 50.6 Å².